The molecule has 1 N–H and O–H groups in total. The minimum absolute atomic E-state index is 0.00426. The summed E-state index contributed by atoms with van der Waals surface area (Å²) in [6, 6.07) is 15.8. The van der Waals surface area contributed by atoms with Crippen molar-refractivity contribution in [1.82, 2.24) is 5.32 Å². The molecule has 0 bridgehead atoms. The van der Waals surface area contributed by atoms with E-state index in [1.165, 1.54) is 5.56 Å². The maximum absolute atomic E-state index is 12.5. The normalized spacial score (nSPS) is 11.8. The van der Waals surface area contributed by atoms with Crippen LogP contribution in [0.25, 0.3) is 0 Å². The molecule has 4 heteroatoms. The number of benzene rings is 2. The maximum Gasteiger partial charge on any atom is 0.251 e. The molecule has 0 aliphatic rings. The van der Waals surface area contributed by atoms with Crippen LogP contribution in [-0.2, 0) is 6.42 Å². The van der Waals surface area contributed by atoms with Crippen LogP contribution in [0, 0.1) is 3.57 Å². The molecule has 0 aromatic heterocycles. The van der Waals surface area contributed by atoms with Crippen molar-refractivity contribution in [3.63, 3.8) is 0 Å². The molecule has 0 fully saturated rings. The summed E-state index contributed by atoms with van der Waals surface area (Å²) >= 11 is 2.24. The van der Waals surface area contributed by atoms with Gasteiger partial charge in [-0.25, -0.2) is 0 Å². The molecule has 1 amide bonds. The van der Waals surface area contributed by atoms with E-state index in [0.29, 0.717) is 5.56 Å². The van der Waals surface area contributed by atoms with Crippen LogP contribution >= 0.6 is 22.6 Å². The molecule has 0 spiro atoms. The molecule has 0 radical (unpaired) electrons. The molecule has 3 nitrogen and oxygen atoms in total. The Morgan fingerprint density at radius 1 is 1.21 bits per heavy atom. The largest absolute Gasteiger partial charge is 0.497 e. The number of carbonyl (C=O) groups is 1. The molecule has 0 aliphatic heterocycles. The number of hydrogen-bond acceptors (Lipinski definition) is 2. The minimum atomic E-state index is -0.00426. The Morgan fingerprint density at radius 3 is 2.62 bits per heavy atom. The molecule has 2 aromatic rings. The molecular weight excluding hydrogens is 413 g/mol. The average molecular weight is 437 g/mol. The first-order valence-electron chi connectivity index (χ1n) is 8.31. The molecular formula is C20H24INO2. The second-order valence-corrected chi connectivity index (χ2v) is 7.12. The average Bonchev–Trinajstić information content (AvgIpc) is 2.60. The lowest BCUT2D eigenvalue weighted by molar-refractivity contribution is 0.0934. The molecule has 0 aliphatic carbocycles. The lowest BCUT2D eigenvalue weighted by Crippen LogP contribution is -2.36. The van der Waals surface area contributed by atoms with Gasteiger partial charge in [0, 0.05) is 15.2 Å². The summed E-state index contributed by atoms with van der Waals surface area (Å²) < 4.78 is 6.42. The smallest absolute Gasteiger partial charge is 0.251 e. The highest BCUT2D eigenvalue weighted by atomic mass is 127. The van der Waals surface area contributed by atoms with Gasteiger partial charge in [0.25, 0.3) is 5.91 Å². The van der Waals surface area contributed by atoms with Crippen molar-refractivity contribution in [3.8, 4) is 5.75 Å². The summed E-state index contributed by atoms with van der Waals surface area (Å²) in [4.78, 5) is 12.5. The number of carbonyl (C=O) groups excluding carboxylic acids is 1. The van der Waals surface area contributed by atoms with Gasteiger partial charge in [0.15, 0.2) is 0 Å². The van der Waals surface area contributed by atoms with Gasteiger partial charge >= 0.3 is 0 Å². The highest BCUT2D eigenvalue weighted by Gasteiger charge is 2.14. The first-order valence-corrected chi connectivity index (χ1v) is 9.39. The zero-order chi connectivity index (χ0) is 17.4. The van der Waals surface area contributed by atoms with Gasteiger partial charge in [0.05, 0.1) is 7.11 Å². The molecule has 0 saturated carbocycles. The third-order valence-electron chi connectivity index (χ3n) is 3.96. The van der Waals surface area contributed by atoms with E-state index in [0.717, 1.165) is 35.0 Å². The van der Waals surface area contributed by atoms with Crippen LogP contribution in [0.15, 0.2) is 48.5 Å². The lowest BCUT2D eigenvalue weighted by atomic mass is 10.00. The first kappa shape index (κ1) is 18.8. The number of halogens is 1. The van der Waals surface area contributed by atoms with E-state index in [2.05, 4.69) is 40.9 Å². The van der Waals surface area contributed by atoms with Crippen LogP contribution in [-0.4, -0.2) is 19.1 Å². The number of nitrogens with one attached hydrogen (secondary N) is 1. The summed E-state index contributed by atoms with van der Waals surface area (Å²) in [6.07, 6.45) is 4.01. The molecule has 2 aromatic carbocycles. The van der Waals surface area contributed by atoms with Crippen LogP contribution in [0.4, 0.5) is 0 Å². The van der Waals surface area contributed by atoms with Gasteiger partial charge in [-0.15, -0.1) is 0 Å². The predicted molar refractivity (Wildman–Crippen MR) is 107 cm³/mol. The topological polar surface area (TPSA) is 38.3 Å². The van der Waals surface area contributed by atoms with E-state index in [1.807, 2.05) is 42.5 Å². The number of methoxy groups -OCH3 is 1. The standard InChI is InChI=1S/C20H24INO2/c1-3-4-7-18(13-15-6-5-8-19(14-15)24-2)22-20(23)16-9-11-17(21)12-10-16/h5-6,8-12,14,18H,3-4,7,13H2,1-2H3,(H,22,23). The summed E-state index contributed by atoms with van der Waals surface area (Å²) in [5, 5.41) is 3.19. The fourth-order valence-electron chi connectivity index (χ4n) is 2.63. The van der Waals surface area contributed by atoms with Crippen LogP contribution in [0.2, 0.25) is 0 Å². The SMILES string of the molecule is CCCCC(Cc1cccc(OC)c1)NC(=O)c1ccc(I)cc1. The Morgan fingerprint density at radius 2 is 1.96 bits per heavy atom. The van der Waals surface area contributed by atoms with E-state index in [9.17, 15) is 4.79 Å². The van der Waals surface area contributed by atoms with Crippen molar-refractivity contribution in [2.75, 3.05) is 7.11 Å². The van der Waals surface area contributed by atoms with Gasteiger partial charge < -0.3 is 10.1 Å². The Labute approximate surface area is 157 Å². The van der Waals surface area contributed by atoms with Gasteiger partial charge in [-0.2, -0.15) is 0 Å². The van der Waals surface area contributed by atoms with Gasteiger partial charge in [-0.3, -0.25) is 4.79 Å². The monoisotopic (exact) mass is 437 g/mol. The van der Waals surface area contributed by atoms with E-state index < -0.39 is 0 Å². The quantitative estimate of drug-likeness (QED) is 0.601. The summed E-state index contributed by atoms with van der Waals surface area (Å²) in [5.41, 5.74) is 1.89. The third kappa shape index (κ3) is 5.82. The zero-order valence-corrected chi connectivity index (χ0v) is 16.4. The number of unbranched alkanes of at least 4 members (excludes halogenated alkanes) is 1. The fourth-order valence-corrected chi connectivity index (χ4v) is 2.99. The van der Waals surface area contributed by atoms with Crippen molar-refractivity contribution in [3.05, 3.63) is 63.2 Å². The van der Waals surface area contributed by atoms with Crippen molar-refractivity contribution in [2.24, 2.45) is 0 Å². The van der Waals surface area contributed by atoms with Crippen LogP contribution in [0.5, 0.6) is 5.75 Å². The van der Waals surface area contributed by atoms with Crippen LogP contribution in [0.1, 0.15) is 42.1 Å². The zero-order valence-electron chi connectivity index (χ0n) is 14.2. The Hall–Kier alpha value is -1.56. The van der Waals surface area contributed by atoms with E-state index in [1.54, 1.807) is 7.11 Å². The molecule has 24 heavy (non-hydrogen) atoms. The summed E-state index contributed by atoms with van der Waals surface area (Å²) in [6.45, 7) is 2.17. The van der Waals surface area contributed by atoms with E-state index in [-0.39, 0.29) is 11.9 Å². The Balaban J connectivity index is 2.06. The number of hydrogen-bond donors (Lipinski definition) is 1. The molecule has 1 atom stereocenters. The number of amides is 1. The minimum Gasteiger partial charge on any atom is -0.497 e. The summed E-state index contributed by atoms with van der Waals surface area (Å²) in [5.74, 6) is 0.848. The molecule has 0 heterocycles. The Bertz CT molecular complexity index is 655. The van der Waals surface area contributed by atoms with Gasteiger partial charge in [0.1, 0.15) is 5.75 Å². The van der Waals surface area contributed by atoms with E-state index in [4.69, 9.17) is 4.74 Å². The van der Waals surface area contributed by atoms with Crippen molar-refractivity contribution >= 4 is 28.5 Å². The van der Waals surface area contributed by atoms with Crippen molar-refractivity contribution in [1.29, 1.82) is 0 Å². The number of rotatable bonds is 8. The van der Waals surface area contributed by atoms with Crippen LogP contribution in [0.3, 0.4) is 0 Å². The molecule has 0 saturated heterocycles. The van der Waals surface area contributed by atoms with Gasteiger partial charge in [0.2, 0.25) is 0 Å². The van der Waals surface area contributed by atoms with Crippen LogP contribution < -0.4 is 10.1 Å². The lowest BCUT2D eigenvalue weighted by Gasteiger charge is -2.19. The van der Waals surface area contributed by atoms with E-state index >= 15 is 0 Å². The van der Waals surface area contributed by atoms with Gasteiger partial charge in [-0.1, -0.05) is 31.9 Å². The molecule has 128 valence electrons. The van der Waals surface area contributed by atoms with Gasteiger partial charge in [-0.05, 0) is 77.4 Å². The van der Waals surface area contributed by atoms with Crippen molar-refractivity contribution in [2.45, 2.75) is 38.6 Å². The molecule has 1 unspecified atom stereocenters. The third-order valence-corrected chi connectivity index (χ3v) is 4.68. The second-order valence-electron chi connectivity index (χ2n) is 5.88. The predicted octanol–water partition coefficient (Wildman–Crippen LogP) is 4.83. The number of ether oxygens (including phenoxy) is 1. The highest BCUT2D eigenvalue weighted by Crippen LogP contribution is 2.16. The Kier molecular flexibility index (Phi) is 7.56. The second kappa shape index (κ2) is 9.67. The fraction of sp³-hybridized carbons (Fsp3) is 0.350. The molecule has 2 rings (SSSR count). The highest BCUT2D eigenvalue weighted by molar-refractivity contribution is 14.1. The summed E-state index contributed by atoms with van der Waals surface area (Å²) in [7, 11) is 1.67. The maximum atomic E-state index is 12.5. The van der Waals surface area contributed by atoms with Crippen molar-refractivity contribution < 1.29 is 9.53 Å². The first-order chi connectivity index (χ1) is 11.6.